The van der Waals surface area contributed by atoms with Crippen LogP contribution in [0.15, 0.2) is 24.3 Å². The third kappa shape index (κ3) is 21.4. The van der Waals surface area contributed by atoms with E-state index in [1.807, 2.05) is 0 Å². The van der Waals surface area contributed by atoms with Crippen molar-refractivity contribution in [3.63, 3.8) is 0 Å². The lowest BCUT2D eigenvalue weighted by Gasteiger charge is -2.40. The minimum absolute atomic E-state index is 0.143. The first-order chi connectivity index (χ1) is 22.8. The van der Waals surface area contributed by atoms with Crippen molar-refractivity contribution in [3.8, 4) is 0 Å². The number of aliphatic hydroxyl groups excluding tert-OH is 5. The summed E-state index contributed by atoms with van der Waals surface area (Å²) in [4.78, 5) is 12.8. The van der Waals surface area contributed by atoms with E-state index in [1.54, 1.807) is 0 Å². The van der Waals surface area contributed by atoms with Gasteiger partial charge < -0.3 is 40.3 Å². The van der Waals surface area contributed by atoms with Gasteiger partial charge >= 0.3 is 0 Å². The van der Waals surface area contributed by atoms with Gasteiger partial charge in [0.2, 0.25) is 5.91 Å². The molecule has 9 nitrogen and oxygen atoms in total. The monoisotopic (exact) mass is 670 g/mol. The maximum absolute atomic E-state index is 12.8. The molecule has 6 N–H and O–H groups in total. The summed E-state index contributed by atoms with van der Waals surface area (Å²) in [5, 5.41) is 53.9. The molecule has 1 saturated heterocycles. The molecular weight excluding hydrogens is 598 g/mol. The van der Waals surface area contributed by atoms with E-state index >= 15 is 0 Å². The van der Waals surface area contributed by atoms with E-state index in [4.69, 9.17) is 9.47 Å². The smallest absolute Gasteiger partial charge is 0.220 e. The summed E-state index contributed by atoms with van der Waals surface area (Å²) < 4.78 is 11.2. The number of rotatable bonds is 30. The zero-order chi connectivity index (χ0) is 34.5. The molecule has 0 radical (unpaired) electrons. The number of carbonyl (C=O) groups excluding carboxylic acids is 1. The van der Waals surface area contributed by atoms with Gasteiger partial charge in [0, 0.05) is 6.42 Å². The summed E-state index contributed by atoms with van der Waals surface area (Å²) in [5.41, 5.74) is 0. The lowest BCUT2D eigenvalue weighted by Crippen LogP contribution is -2.60. The van der Waals surface area contributed by atoms with Gasteiger partial charge in [-0.25, -0.2) is 0 Å². The Morgan fingerprint density at radius 1 is 0.723 bits per heavy atom. The predicted molar refractivity (Wildman–Crippen MR) is 189 cm³/mol. The number of unbranched alkanes of at least 4 members (excludes halogenated alkanes) is 16. The van der Waals surface area contributed by atoms with Crippen molar-refractivity contribution in [1.29, 1.82) is 0 Å². The number of aliphatic hydroxyl groups is 5. The van der Waals surface area contributed by atoms with Crippen LogP contribution in [0.1, 0.15) is 155 Å². The van der Waals surface area contributed by atoms with Gasteiger partial charge in [0.1, 0.15) is 24.4 Å². The minimum Gasteiger partial charge on any atom is -0.394 e. The number of nitrogens with one attached hydrogen (secondary N) is 1. The van der Waals surface area contributed by atoms with Gasteiger partial charge in [-0.05, 0) is 38.5 Å². The van der Waals surface area contributed by atoms with Gasteiger partial charge in [-0.3, -0.25) is 4.79 Å². The average Bonchev–Trinajstić information content (AvgIpc) is 3.07. The minimum atomic E-state index is -1.55. The van der Waals surface area contributed by atoms with E-state index in [0.29, 0.717) is 12.8 Å². The highest BCUT2D eigenvalue weighted by Gasteiger charge is 2.44. The second-order valence-electron chi connectivity index (χ2n) is 13.4. The fourth-order valence-electron chi connectivity index (χ4n) is 5.88. The van der Waals surface area contributed by atoms with Gasteiger partial charge in [0.25, 0.3) is 0 Å². The molecule has 9 heteroatoms. The first kappa shape index (κ1) is 43.7. The van der Waals surface area contributed by atoms with Crippen molar-refractivity contribution in [1.82, 2.24) is 5.32 Å². The van der Waals surface area contributed by atoms with Crippen LogP contribution in [0.4, 0.5) is 0 Å². The van der Waals surface area contributed by atoms with Crippen LogP contribution in [-0.2, 0) is 14.3 Å². The van der Waals surface area contributed by atoms with Gasteiger partial charge in [-0.1, -0.05) is 134 Å². The van der Waals surface area contributed by atoms with Crippen LogP contribution in [-0.4, -0.2) is 87.5 Å². The lowest BCUT2D eigenvalue weighted by molar-refractivity contribution is -0.302. The highest BCUT2D eigenvalue weighted by atomic mass is 16.7. The van der Waals surface area contributed by atoms with Gasteiger partial charge in [-0.15, -0.1) is 0 Å². The molecule has 0 aromatic carbocycles. The molecule has 7 atom stereocenters. The van der Waals surface area contributed by atoms with Gasteiger partial charge in [0.15, 0.2) is 6.29 Å². The fourth-order valence-corrected chi connectivity index (χ4v) is 5.88. The lowest BCUT2D eigenvalue weighted by atomic mass is 9.99. The highest BCUT2D eigenvalue weighted by molar-refractivity contribution is 5.76. The number of hydrogen-bond donors (Lipinski definition) is 6. The highest BCUT2D eigenvalue weighted by Crippen LogP contribution is 2.23. The molecule has 1 aliphatic rings. The molecular formula is C38H71NO8. The molecule has 47 heavy (non-hydrogen) atoms. The van der Waals surface area contributed by atoms with Crippen LogP contribution in [0.5, 0.6) is 0 Å². The van der Waals surface area contributed by atoms with Crippen LogP contribution >= 0.6 is 0 Å². The maximum atomic E-state index is 12.8. The number of carbonyl (C=O) groups is 1. The van der Waals surface area contributed by atoms with Crippen molar-refractivity contribution in [2.75, 3.05) is 13.2 Å². The quantitative estimate of drug-likeness (QED) is 0.0381. The largest absolute Gasteiger partial charge is 0.394 e. The Balaban J connectivity index is 2.44. The summed E-state index contributed by atoms with van der Waals surface area (Å²) in [6.45, 7) is 3.74. The molecule has 0 saturated carbocycles. The molecule has 1 fully saturated rings. The number of hydrogen-bond acceptors (Lipinski definition) is 8. The summed E-state index contributed by atoms with van der Waals surface area (Å²) in [7, 11) is 0. The SMILES string of the molecule is CCCC/C=C\C/C=C\CCCCCCCC(=O)NC(COC1OC(CO)C(O)C(O)C1O)C(O)CCCCCCCCCCCC. The van der Waals surface area contributed by atoms with Crippen LogP contribution < -0.4 is 5.32 Å². The Morgan fingerprint density at radius 3 is 1.89 bits per heavy atom. The summed E-state index contributed by atoms with van der Waals surface area (Å²) in [6, 6.07) is -0.721. The molecule has 276 valence electrons. The molecule has 0 spiro atoms. The predicted octanol–water partition coefficient (Wildman–Crippen LogP) is 6.38. The second-order valence-corrected chi connectivity index (χ2v) is 13.4. The first-order valence-corrected chi connectivity index (χ1v) is 19.0. The fraction of sp³-hybridized carbons (Fsp3) is 0.868. The molecule has 0 bridgehead atoms. The van der Waals surface area contributed by atoms with Crippen LogP contribution in [0.2, 0.25) is 0 Å². The second kappa shape index (κ2) is 29.6. The topological polar surface area (TPSA) is 149 Å². The molecule has 7 unspecified atom stereocenters. The van der Waals surface area contributed by atoms with Crippen LogP contribution in [0, 0.1) is 0 Å². The standard InChI is InChI=1S/C38H71NO8/c1-3-5-7-9-11-13-15-16-17-18-20-22-24-26-28-34(42)39-31(30-46-38-37(45)36(44)35(43)33(29-40)47-38)32(41)27-25-23-21-19-14-12-10-8-6-4-2/h9,11,15-16,31-33,35-38,40-41,43-45H,3-8,10,12-14,17-30H2,1-2H3,(H,39,42)/b11-9-,16-15-. The molecule has 1 aliphatic heterocycles. The summed E-state index contributed by atoms with van der Waals surface area (Å²) in [5.74, 6) is -0.163. The van der Waals surface area contributed by atoms with Crippen LogP contribution in [0.25, 0.3) is 0 Å². The van der Waals surface area contributed by atoms with E-state index < -0.39 is 49.5 Å². The average molecular weight is 670 g/mol. The number of amides is 1. The summed E-state index contributed by atoms with van der Waals surface area (Å²) >= 11 is 0. The Kier molecular flexibility index (Phi) is 27.5. The normalized spacial score (nSPS) is 23.1. The van der Waals surface area contributed by atoms with Crippen molar-refractivity contribution < 1.29 is 39.8 Å². The van der Waals surface area contributed by atoms with E-state index in [0.717, 1.165) is 64.2 Å². The van der Waals surface area contributed by atoms with Crippen molar-refractivity contribution >= 4 is 5.91 Å². The molecule has 0 aromatic rings. The molecule has 0 aliphatic carbocycles. The molecule has 1 rings (SSSR count). The molecule has 1 heterocycles. The van der Waals surface area contributed by atoms with Gasteiger partial charge in [0.05, 0.1) is 25.4 Å². The maximum Gasteiger partial charge on any atom is 0.220 e. The van der Waals surface area contributed by atoms with E-state index in [2.05, 4.69) is 43.5 Å². The van der Waals surface area contributed by atoms with E-state index in [9.17, 15) is 30.3 Å². The summed E-state index contributed by atoms with van der Waals surface area (Å²) in [6.07, 6.45) is 24.7. The Morgan fingerprint density at radius 2 is 1.28 bits per heavy atom. The third-order valence-corrected chi connectivity index (χ3v) is 9.06. The Hall–Kier alpha value is -1.33. The Bertz CT molecular complexity index is 792. The zero-order valence-electron chi connectivity index (χ0n) is 29.8. The van der Waals surface area contributed by atoms with E-state index in [-0.39, 0.29) is 12.5 Å². The number of ether oxygens (including phenoxy) is 2. The van der Waals surface area contributed by atoms with Crippen molar-refractivity contribution in [2.24, 2.45) is 0 Å². The Labute approximate surface area is 286 Å². The first-order valence-electron chi connectivity index (χ1n) is 19.0. The van der Waals surface area contributed by atoms with E-state index in [1.165, 1.54) is 64.2 Å². The van der Waals surface area contributed by atoms with Crippen LogP contribution in [0.3, 0.4) is 0 Å². The van der Waals surface area contributed by atoms with Crippen molar-refractivity contribution in [2.45, 2.75) is 198 Å². The third-order valence-electron chi connectivity index (χ3n) is 9.06. The van der Waals surface area contributed by atoms with Crippen molar-refractivity contribution in [3.05, 3.63) is 24.3 Å². The zero-order valence-corrected chi connectivity index (χ0v) is 29.8. The molecule has 1 amide bonds. The van der Waals surface area contributed by atoms with Gasteiger partial charge in [-0.2, -0.15) is 0 Å². The molecule has 0 aromatic heterocycles. The number of allylic oxidation sites excluding steroid dienone is 4.